The van der Waals surface area contributed by atoms with Crippen molar-refractivity contribution in [3.05, 3.63) is 0 Å². The Bertz CT molecular complexity index is 533. The third-order valence-corrected chi connectivity index (χ3v) is 5.84. The Hall–Kier alpha value is -0.820. The lowest BCUT2D eigenvalue weighted by atomic mass is 9.84. The molecule has 1 fully saturated rings. The minimum Gasteiger partial charge on any atom is -0.382 e. The molecule has 1 atom stereocenters. The highest BCUT2D eigenvalue weighted by Crippen LogP contribution is 2.34. The molecule has 1 aliphatic carbocycles. The quantitative estimate of drug-likeness (QED) is 0.892. The van der Waals surface area contributed by atoms with Crippen LogP contribution in [0.5, 0.6) is 0 Å². The molecule has 108 valence electrons. The van der Waals surface area contributed by atoms with Crippen LogP contribution in [0, 0.1) is 5.92 Å². The molecule has 0 spiro atoms. The second-order valence-corrected chi connectivity index (χ2v) is 8.06. The van der Waals surface area contributed by atoms with Gasteiger partial charge in [-0.1, -0.05) is 19.3 Å². The van der Waals surface area contributed by atoms with Crippen molar-refractivity contribution in [1.29, 1.82) is 0 Å². The van der Waals surface area contributed by atoms with E-state index in [1.54, 1.807) is 0 Å². The first kappa shape index (κ1) is 14.6. The van der Waals surface area contributed by atoms with Gasteiger partial charge in [0.25, 0.3) is 0 Å². The van der Waals surface area contributed by atoms with Gasteiger partial charge in [0.15, 0.2) is 15.7 Å². The monoisotopic (exact) mass is 303 g/mol. The van der Waals surface area contributed by atoms with Gasteiger partial charge < -0.3 is 11.1 Å². The van der Waals surface area contributed by atoms with Crippen LogP contribution in [0.2, 0.25) is 0 Å². The molecule has 0 aliphatic heterocycles. The van der Waals surface area contributed by atoms with Gasteiger partial charge in [-0.2, -0.15) is 4.37 Å². The third kappa shape index (κ3) is 3.39. The molecule has 1 aromatic heterocycles. The van der Waals surface area contributed by atoms with E-state index in [2.05, 4.69) is 16.6 Å². The van der Waals surface area contributed by atoms with E-state index >= 15 is 0 Å². The zero-order chi connectivity index (χ0) is 14.0. The minimum atomic E-state index is -3.34. The van der Waals surface area contributed by atoms with Gasteiger partial charge in [0.05, 0.1) is 0 Å². The Morgan fingerprint density at radius 1 is 1.37 bits per heavy atom. The number of nitrogens with one attached hydrogen (secondary N) is 1. The van der Waals surface area contributed by atoms with Crippen molar-refractivity contribution in [2.24, 2.45) is 5.92 Å². The molecule has 1 aliphatic rings. The molecule has 0 amide bonds. The van der Waals surface area contributed by atoms with Gasteiger partial charge in [-0.3, -0.25) is 0 Å². The Morgan fingerprint density at radius 3 is 2.58 bits per heavy atom. The number of aromatic nitrogens is 1. The topological polar surface area (TPSA) is 85.1 Å². The van der Waals surface area contributed by atoms with Crippen LogP contribution in [0.4, 0.5) is 10.8 Å². The first-order chi connectivity index (χ1) is 8.89. The van der Waals surface area contributed by atoms with Gasteiger partial charge in [0, 0.05) is 12.3 Å². The predicted octanol–water partition coefficient (Wildman–Crippen LogP) is 2.51. The highest BCUT2D eigenvalue weighted by atomic mass is 32.2. The number of hydrogen-bond acceptors (Lipinski definition) is 6. The first-order valence-corrected chi connectivity index (χ1v) is 9.28. The standard InChI is InChI=1S/C12H21N3O2S2/c1-8(9-6-4-3-5-7-9)14-12-10(19(2,16)17)11(13)15-18-12/h8-9,14H,3-7H2,1-2H3,(H2,13,15). The predicted molar refractivity (Wildman–Crippen MR) is 79.3 cm³/mol. The van der Waals surface area contributed by atoms with E-state index in [0.717, 1.165) is 11.5 Å². The van der Waals surface area contributed by atoms with Crippen molar-refractivity contribution in [3.63, 3.8) is 0 Å². The van der Waals surface area contributed by atoms with E-state index in [-0.39, 0.29) is 16.8 Å². The van der Waals surface area contributed by atoms with Crippen LogP contribution in [0.15, 0.2) is 4.90 Å². The lowest BCUT2D eigenvalue weighted by Gasteiger charge is -2.28. The molecular formula is C12H21N3O2S2. The number of sulfone groups is 1. The molecule has 5 nitrogen and oxygen atoms in total. The van der Waals surface area contributed by atoms with Crippen molar-refractivity contribution in [2.45, 2.75) is 50.0 Å². The molecule has 2 rings (SSSR count). The molecule has 0 bridgehead atoms. The van der Waals surface area contributed by atoms with E-state index in [9.17, 15) is 8.42 Å². The van der Waals surface area contributed by atoms with Gasteiger partial charge in [-0.05, 0) is 37.2 Å². The Morgan fingerprint density at radius 2 is 2.00 bits per heavy atom. The summed E-state index contributed by atoms with van der Waals surface area (Å²) in [5.41, 5.74) is 5.66. The van der Waals surface area contributed by atoms with Gasteiger partial charge in [0.1, 0.15) is 9.90 Å². The summed E-state index contributed by atoms with van der Waals surface area (Å²) in [4.78, 5) is 0.153. The normalized spacial score (nSPS) is 19.3. The summed E-state index contributed by atoms with van der Waals surface area (Å²) in [7, 11) is -3.34. The van der Waals surface area contributed by atoms with Gasteiger partial charge in [0.2, 0.25) is 0 Å². The molecule has 0 radical (unpaired) electrons. The Balaban J connectivity index is 2.15. The summed E-state index contributed by atoms with van der Waals surface area (Å²) in [6, 6.07) is 0.251. The van der Waals surface area contributed by atoms with Crippen molar-refractivity contribution >= 4 is 32.2 Å². The number of nitrogen functional groups attached to an aromatic ring is 1. The lowest BCUT2D eigenvalue weighted by molar-refractivity contribution is 0.328. The molecule has 0 aromatic carbocycles. The molecule has 1 saturated carbocycles. The van der Waals surface area contributed by atoms with Gasteiger partial charge in [-0.15, -0.1) is 0 Å². The molecule has 1 unspecified atom stereocenters. The smallest absolute Gasteiger partial charge is 0.182 e. The van der Waals surface area contributed by atoms with Crippen molar-refractivity contribution in [1.82, 2.24) is 4.37 Å². The Labute approximate surface area is 118 Å². The van der Waals surface area contributed by atoms with E-state index in [4.69, 9.17) is 5.73 Å². The van der Waals surface area contributed by atoms with Crippen LogP contribution in [-0.2, 0) is 9.84 Å². The second kappa shape index (κ2) is 5.66. The molecule has 0 saturated heterocycles. The van der Waals surface area contributed by atoms with E-state index < -0.39 is 9.84 Å². The fraction of sp³-hybridized carbons (Fsp3) is 0.750. The van der Waals surface area contributed by atoms with E-state index in [1.807, 2.05) is 0 Å². The van der Waals surface area contributed by atoms with Crippen molar-refractivity contribution in [2.75, 3.05) is 17.3 Å². The fourth-order valence-electron chi connectivity index (χ4n) is 2.70. The van der Waals surface area contributed by atoms with Gasteiger partial charge >= 0.3 is 0 Å². The zero-order valence-electron chi connectivity index (χ0n) is 11.3. The molecule has 1 heterocycles. The number of nitrogens with two attached hydrogens (primary N) is 1. The SMILES string of the molecule is CC(Nc1snc(N)c1S(C)(=O)=O)C1CCCCC1. The first-order valence-electron chi connectivity index (χ1n) is 6.61. The second-order valence-electron chi connectivity index (χ2n) is 5.33. The summed E-state index contributed by atoms with van der Waals surface area (Å²) < 4.78 is 27.4. The molecule has 3 N–H and O–H groups in total. The molecule has 19 heavy (non-hydrogen) atoms. The largest absolute Gasteiger partial charge is 0.382 e. The van der Waals surface area contributed by atoms with Crippen LogP contribution in [-0.4, -0.2) is 25.1 Å². The molecule has 1 aromatic rings. The number of hydrogen-bond donors (Lipinski definition) is 2. The third-order valence-electron chi connectivity index (χ3n) is 3.76. The molecule has 7 heteroatoms. The maximum Gasteiger partial charge on any atom is 0.182 e. The van der Waals surface area contributed by atoms with Crippen LogP contribution < -0.4 is 11.1 Å². The van der Waals surface area contributed by atoms with Gasteiger partial charge in [-0.25, -0.2) is 8.42 Å². The fourth-order valence-corrected chi connectivity index (χ4v) is 4.86. The zero-order valence-corrected chi connectivity index (χ0v) is 13.0. The van der Waals surface area contributed by atoms with Crippen molar-refractivity contribution in [3.8, 4) is 0 Å². The average molecular weight is 303 g/mol. The summed E-state index contributed by atoms with van der Waals surface area (Å²) in [5, 5.41) is 3.89. The van der Waals surface area contributed by atoms with Crippen LogP contribution in [0.1, 0.15) is 39.0 Å². The van der Waals surface area contributed by atoms with Crippen LogP contribution >= 0.6 is 11.5 Å². The van der Waals surface area contributed by atoms with E-state index in [0.29, 0.717) is 10.9 Å². The average Bonchev–Trinajstić information content (AvgIpc) is 2.71. The molecular weight excluding hydrogens is 282 g/mol. The minimum absolute atomic E-state index is 0.103. The summed E-state index contributed by atoms with van der Waals surface area (Å²) >= 11 is 1.13. The van der Waals surface area contributed by atoms with E-state index in [1.165, 1.54) is 38.4 Å². The number of anilines is 2. The maximum atomic E-state index is 11.7. The summed E-state index contributed by atoms with van der Waals surface area (Å²) in [6.07, 6.45) is 7.42. The highest BCUT2D eigenvalue weighted by molar-refractivity contribution is 7.91. The number of rotatable bonds is 4. The van der Waals surface area contributed by atoms with Crippen molar-refractivity contribution < 1.29 is 8.42 Å². The number of nitrogens with zero attached hydrogens (tertiary/aromatic N) is 1. The lowest BCUT2D eigenvalue weighted by Crippen LogP contribution is -2.27. The highest BCUT2D eigenvalue weighted by Gasteiger charge is 2.25. The summed E-state index contributed by atoms with van der Waals surface area (Å²) in [5.74, 6) is 0.704. The maximum absolute atomic E-state index is 11.7. The van der Waals surface area contributed by atoms with Crippen LogP contribution in [0.25, 0.3) is 0 Å². The van der Waals surface area contributed by atoms with Crippen LogP contribution in [0.3, 0.4) is 0 Å². The summed E-state index contributed by atoms with van der Waals surface area (Å²) in [6.45, 7) is 2.11. The Kier molecular flexibility index (Phi) is 4.35.